The number of aromatic nitrogens is 1. The van der Waals surface area contributed by atoms with E-state index in [1.54, 1.807) is 67.6 Å². The smallest absolute Gasteiger partial charge is 0.330 e. The molecule has 0 aliphatic carbocycles. The van der Waals surface area contributed by atoms with Gasteiger partial charge in [0.25, 0.3) is 5.91 Å². The molecular weight excluding hydrogens is 470 g/mol. The van der Waals surface area contributed by atoms with E-state index in [4.69, 9.17) is 21.1 Å². The normalized spacial score (nSPS) is 12.3. The number of methoxy groups -OCH3 is 1. The molecule has 0 amide bonds. The molecule has 7 nitrogen and oxygen atoms in total. The number of allylic oxidation sites excluding steroid dienone is 3. The molecule has 0 saturated heterocycles. The van der Waals surface area contributed by atoms with E-state index in [9.17, 15) is 19.5 Å². The lowest BCUT2D eigenvalue weighted by Gasteiger charge is -2.14. The minimum Gasteiger partial charge on any atom is -0.497 e. The van der Waals surface area contributed by atoms with Gasteiger partial charge in [0, 0.05) is 27.7 Å². The Labute approximate surface area is 208 Å². The number of hydrogen-bond acceptors (Lipinski definition) is 5. The lowest BCUT2D eigenvalue weighted by Crippen LogP contribution is -2.18. The first-order chi connectivity index (χ1) is 16.8. The number of carboxylic acids is 1. The highest BCUT2D eigenvalue weighted by Gasteiger charge is 2.30. The Morgan fingerprint density at radius 1 is 1.11 bits per heavy atom. The Bertz CT molecular complexity index is 1300. The first-order valence-electron chi connectivity index (χ1n) is 11.0. The van der Waals surface area contributed by atoms with Gasteiger partial charge in [-0.3, -0.25) is 14.2 Å². The molecule has 0 radical (unpaired) electrons. The largest absolute Gasteiger partial charge is 0.497 e. The third kappa shape index (κ3) is 5.81. The van der Waals surface area contributed by atoms with E-state index in [-0.39, 0.29) is 18.9 Å². The van der Waals surface area contributed by atoms with Crippen molar-refractivity contribution in [3.05, 3.63) is 88.6 Å². The van der Waals surface area contributed by atoms with Crippen molar-refractivity contribution in [1.29, 1.82) is 0 Å². The van der Waals surface area contributed by atoms with Crippen molar-refractivity contribution < 1.29 is 29.0 Å². The van der Waals surface area contributed by atoms with Crippen molar-refractivity contribution in [1.82, 2.24) is 4.57 Å². The van der Waals surface area contributed by atoms with Gasteiger partial charge in [0.2, 0.25) is 0 Å². The molecule has 1 aromatic heterocycles. The summed E-state index contributed by atoms with van der Waals surface area (Å²) in [6.45, 7) is 3.42. The minimum absolute atomic E-state index is 0.0326. The van der Waals surface area contributed by atoms with Crippen LogP contribution in [0.1, 0.15) is 40.9 Å². The maximum atomic E-state index is 13.4. The van der Waals surface area contributed by atoms with E-state index in [1.807, 2.05) is 6.92 Å². The molecule has 0 fully saturated rings. The summed E-state index contributed by atoms with van der Waals surface area (Å²) < 4.78 is 12.0. The quantitative estimate of drug-likeness (QED) is 0.238. The zero-order chi connectivity index (χ0) is 25.5. The van der Waals surface area contributed by atoms with Crippen LogP contribution in [-0.4, -0.2) is 41.2 Å². The van der Waals surface area contributed by atoms with Gasteiger partial charge in [-0.1, -0.05) is 29.8 Å². The maximum absolute atomic E-state index is 13.4. The first-order valence-corrected chi connectivity index (χ1v) is 11.3. The fraction of sp³-hybridized carbons (Fsp3) is 0.222. The van der Waals surface area contributed by atoms with Gasteiger partial charge in [-0.25, -0.2) is 4.79 Å². The van der Waals surface area contributed by atoms with Crippen LogP contribution in [0.3, 0.4) is 0 Å². The van der Waals surface area contributed by atoms with E-state index in [0.717, 1.165) is 0 Å². The number of esters is 1. The molecule has 0 aliphatic heterocycles. The fourth-order valence-electron chi connectivity index (χ4n) is 3.93. The Morgan fingerprint density at radius 3 is 2.46 bits per heavy atom. The van der Waals surface area contributed by atoms with E-state index in [2.05, 4.69) is 0 Å². The van der Waals surface area contributed by atoms with Crippen LogP contribution in [0, 0.1) is 6.92 Å². The molecule has 1 atom stereocenters. The van der Waals surface area contributed by atoms with Crippen molar-refractivity contribution in [2.75, 3.05) is 13.7 Å². The third-order valence-electron chi connectivity index (χ3n) is 5.59. The summed E-state index contributed by atoms with van der Waals surface area (Å²) in [7, 11) is 1.51. The summed E-state index contributed by atoms with van der Waals surface area (Å²) in [5.41, 5.74) is 1.91. The molecule has 35 heavy (non-hydrogen) atoms. The number of benzene rings is 2. The lowest BCUT2D eigenvalue weighted by atomic mass is 9.93. The van der Waals surface area contributed by atoms with Crippen molar-refractivity contribution >= 4 is 40.3 Å². The second-order valence-electron chi connectivity index (χ2n) is 7.76. The van der Waals surface area contributed by atoms with Gasteiger partial charge in [0.1, 0.15) is 5.75 Å². The van der Waals surface area contributed by atoms with Crippen molar-refractivity contribution in [3.8, 4) is 5.75 Å². The van der Waals surface area contributed by atoms with Crippen LogP contribution in [0.5, 0.6) is 5.75 Å². The first kappa shape index (κ1) is 25.8. The van der Waals surface area contributed by atoms with E-state index in [1.165, 1.54) is 17.8 Å². The van der Waals surface area contributed by atoms with Crippen molar-refractivity contribution in [2.24, 2.45) is 0 Å². The Kier molecular flexibility index (Phi) is 8.49. The average Bonchev–Trinajstić information content (AvgIpc) is 3.12. The number of hydrogen-bond donors (Lipinski definition) is 1. The minimum atomic E-state index is -1.09. The Hall–Kier alpha value is -3.84. The molecule has 3 rings (SSSR count). The topological polar surface area (TPSA) is 94.8 Å². The zero-order valence-corrected chi connectivity index (χ0v) is 20.4. The molecule has 1 N–H and O–H groups in total. The molecule has 1 heterocycles. The molecule has 1 unspecified atom stereocenters. The summed E-state index contributed by atoms with van der Waals surface area (Å²) in [6.07, 6.45) is 6.30. The average molecular weight is 496 g/mol. The van der Waals surface area contributed by atoms with Gasteiger partial charge in [0.05, 0.1) is 25.2 Å². The predicted octanol–water partition coefficient (Wildman–Crippen LogP) is 5.53. The maximum Gasteiger partial charge on any atom is 0.330 e. The number of carbonyl (C=O) groups excluding carboxylic acids is 2. The highest BCUT2D eigenvalue weighted by Crippen LogP contribution is 2.36. The summed E-state index contributed by atoms with van der Waals surface area (Å²) in [4.78, 5) is 37.6. The molecule has 0 saturated carbocycles. The van der Waals surface area contributed by atoms with Crippen LogP contribution in [-0.2, 0) is 14.3 Å². The number of rotatable bonds is 9. The van der Waals surface area contributed by atoms with Gasteiger partial charge >= 0.3 is 11.9 Å². The van der Waals surface area contributed by atoms with Crippen LogP contribution in [0.2, 0.25) is 5.02 Å². The molecule has 0 spiro atoms. The van der Waals surface area contributed by atoms with Gasteiger partial charge in [0.15, 0.2) is 0 Å². The van der Waals surface area contributed by atoms with E-state index >= 15 is 0 Å². The van der Waals surface area contributed by atoms with E-state index in [0.29, 0.717) is 38.5 Å². The van der Waals surface area contributed by atoms with Crippen LogP contribution >= 0.6 is 11.6 Å². The van der Waals surface area contributed by atoms with Crippen LogP contribution in [0.15, 0.2) is 66.8 Å². The Morgan fingerprint density at radius 2 is 1.83 bits per heavy atom. The highest BCUT2D eigenvalue weighted by molar-refractivity contribution is 6.30. The number of carbonyl (C=O) groups is 3. The molecular formula is C27H26ClNO6. The van der Waals surface area contributed by atoms with Gasteiger partial charge in [-0.15, -0.1) is 0 Å². The molecule has 2 aromatic carbocycles. The van der Waals surface area contributed by atoms with Crippen LogP contribution in [0.4, 0.5) is 0 Å². The summed E-state index contributed by atoms with van der Waals surface area (Å²) in [5, 5.41) is 11.1. The number of carboxylic acid groups (broad SMARTS) is 1. The number of ether oxygens (including phenoxy) is 2. The lowest BCUT2D eigenvalue weighted by molar-refractivity contribution is -0.142. The molecule has 0 aliphatic rings. The number of fused-ring (bicyclic) bond motifs is 1. The second-order valence-corrected chi connectivity index (χ2v) is 8.20. The number of aliphatic carboxylic acids is 1. The van der Waals surface area contributed by atoms with Gasteiger partial charge in [-0.2, -0.15) is 0 Å². The summed E-state index contributed by atoms with van der Waals surface area (Å²) in [6, 6.07) is 11.6. The SMILES string of the molecule is C/C=C/C=C/C(=O)OCCC(C(=O)O)c1c(C)n(C(=O)c2ccc(Cl)cc2)c2ccc(OC)cc12. The molecule has 3 aromatic rings. The molecule has 0 bridgehead atoms. The number of halogens is 1. The van der Waals surface area contributed by atoms with Gasteiger partial charge < -0.3 is 14.6 Å². The summed E-state index contributed by atoms with van der Waals surface area (Å²) in [5.74, 6) is -2.46. The third-order valence-corrected chi connectivity index (χ3v) is 5.84. The monoisotopic (exact) mass is 495 g/mol. The molecule has 182 valence electrons. The highest BCUT2D eigenvalue weighted by atomic mass is 35.5. The fourth-order valence-corrected chi connectivity index (χ4v) is 4.06. The zero-order valence-electron chi connectivity index (χ0n) is 19.7. The van der Waals surface area contributed by atoms with Crippen LogP contribution in [0.25, 0.3) is 10.9 Å². The van der Waals surface area contributed by atoms with E-state index < -0.39 is 17.9 Å². The number of nitrogens with zero attached hydrogens (tertiary/aromatic N) is 1. The predicted molar refractivity (Wildman–Crippen MR) is 134 cm³/mol. The van der Waals surface area contributed by atoms with Crippen LogP contribution < -0.4 is 4.74 Å². The second kappa shape index (κ2) is 11.5. The van der Waals surface area contributed by atoms with Crippen molar-refractivity contribution in [2.45, 2.75) is 26.2 Å². The van der Waals surface area contributed by atoms with Crippen molar-refractivity contribution in [3.63, 3.8) is 0 Å². The molecule has 8 heteroatoms. The Balaban J connectivity index is 2.04. The standard InChI is InChI=1S/C27H26ClNO6/c1-4-5-6-7-24(30)35-15-14-21(27(32)33)25-17(2)29(23-13-12-20(34-3)16-22(23)25)26(31)18-8-10-19(28)11-9-18/h4-13,16,21H,14-15H2,1-3H3,(H,32,33)/b5-4+,7-6+. The van der Waals surface area contributed by atoms with Gasteiger partial charge in [-0.05, 0) is 68.3 Å². The summed E-state index contributed by atoms with van der Waals surface area (Å²) >= 11 is 5.97.